The van der Waals surface area contributed by atoms with Crippen LogP contribution in [0.3, 0.4) is 0 Å². The second-order valence-electron chi connectivity index (χ2n) is 6.22. The fourth-order valence-electron chi connectivity index (χ4n) is 2.34. The number of amides is 1. The Morgan fingerprint density at radius 2 is 2.07 bits per heavy atom. The summed E-state index contributed by atoms with van der Waals surface area (Å²) in [5.41, 5.74) is 0.853. The smallest absolute Gasteiger partial charge is 0.337 e. The van der Waals surface area contributed by atoms with Crippen LogP contribution in [0, 0.1) is 5.92 Å². The molecule has 2 aromatic rings. The van der Waals surface area contributed by atoms with Crippen LogP contribution in [0.4, 0.5) is 5.82 Å². The summed E-state index contributed by atoms with van der Waals surface area (Å²) < 4.78 is 11.1. The van der Waals surface area contributed by atoms with Crippen LogP contribution >= 0.6 is 0 Å². The molecule has 0 bridgehead atoms. The minimum Gasteiger partial charge on any atom is -0.493 e. The molecule has 0 spiro atoms. The quantitative estimate of drug-likeness (QED) is 0.694. The monoisotopic (exact) mass is 368 g/mol. The Kier molecular flexibility index (Phi) is 5.71. The van der Waals surface area contributed by atoms with Gasteiger partial charge in [-0.1, -0.05) is 6.07 Å². The average molecular weight is 368 g/mol. The molecule has 0 saturated heterocycles. The zero-order valence-electron chi connectivity index (χ0n) is 14.8. The molecule has 0 aliphatic heterocycles. The van der Waals surface area contributed by atoms with E-state index >= 15 is 0 Å². The van der Waals surface area contributed by atoms with Crippen molar-refractivity contribution in [2.75, 3.05) is 19.0 Å². The molecule has 1 aliphatic carbocycles. The number of carbonyl (C=O) groups is 2. The van der Waals surface area contributed by atoms with Crippen LogP contribution in [-0.2, 0) is 4.79 Å². The number of ether oxygens (including phenoxy) is 2. The standard InChI is InChI=1S/C20H20N2O5/c1-26-16-7-4-13(10-17(16)27-12-14-2-3-14)5-9-19(23)22-18-8-6-15(11-21-18)20(24)25/h4-11,14H,2-3,12H2,1H3,(H,24,25)(H,21,22,23)/b9-5+. The number of methoxy groups -OCH3 is 1. The number of carbonyl (C=O) groups excluding carboxylic acids is 1. The molecule has 140 valence electrons. The zero-order valence-corrected chi connectivity index (χ0v) is 14.8. The summed E-state index contributed by atoms with van der Waals surface area (Å²) in [4.78, 5) is 26.7. The first-order valence-electron chi connectivity index (χ1n) is 8.54. The summed E-state index contributed by atoms with van der Waals surface area (Å²) in [6.07, 6.45) is 6.62. The average Bonchev–Trinajstić information content (AvgIpc) is 3.49. The topological polar surface area (TPSA) is 97.8 Å². The molecule has 0 radical (unpaired) electrons. The summed E-state index contributed by atoms with van der Waals surface area (Å²) in [5, 5.41) is 11.4. The molecular weight excluding hydrogens is 348 g/mol. The molecule has 1 amide bonds. The SMILES string of the molecule is COc1ccc(/C=C/C(=O)Nc2ccc(C(=O)O)cn2)cc1OCC1CC1. The first-order valence-corrected chi connectivity index (χ1v) is 8.54. The third-order valence-electron chi connectivity index (χ3n) is 4.05. The number of pyridine rings is 1. The maximum absolute atomic E-state index is 12.0. The lowest BCUT2D eigenvalue weighted by Crippen LogP contribution is -2.09. The minimum absolute atomic E-state index is 0.0560. The van der Waals surface area contributed by atoms with Crippen LogP contribution in [0.15, 0.2) is 42.6 Å². The lowest BCUT2D eigenvalue weighted by Gasteiger charge is -2.11. The number of hydrogen-bond acceptors (Lipinski definition) is 5. The predicted octanol–water partition coefficient (Wildman–Crippen LogP) is 3.23. The molecular formula is C20H20N2O5. The maximum atomic E-state index is 12.0. The van der Waals surface area contributed by atoms with E-state index in [1.807, 2.05) is 12.1 Å². The van der Waals surface area contributed by atoms with E-state index in [2.05, 4.69) is 10.3 Å². The van der Waals surface area contributed by atoms with E-state index in [1.54, 1.807) is 19.3 Å². The van der Waals surface area contributed by atoms with Gasteiger partial charge in [-0.25, -0.2) is 9.78 Å². The van der Waals surface area contributed by atoms with Crippen molar-refractivity contribution in [3.63, 3.8) is 0 Å². The number of rotatable bonds is 8. The number of carboxylic acid groups (broad SMARTS) is 1. The summed E-state index contributed by atoms with van der Waals surface area (Å²) in [6, 6.07) is 8.26. The third-order valence-corrected chi connectivity index (χ3v) is 4.05. The number of aromatic carboxylic acids is 1. The molecule has 27 heavy (non-hydrogen) atoms. The van der Waals surface area contributed by atoms with E-state index in [1.165, 1.54) is 37.2 Å². The van der Waals surface area contributed by atoms with Crippen LogP contribution in [0.2, 0.25) is 0 Å². The molecule has 0 atom stereocenters. The highest BCUT2D eigenvalue weighted by atomic mass is 16.5. The van der Waals surface area contributed by atoms with E-state index in [0.717, 1.165) is 5.56 Å². The van der Waals surface area contributed by atoms with E-state index in [9.17, 15) is 9.59 Å². The Bertz CT molecular complexity index is 857. The number of carboxylic acids is 1. The van der Waals surface area contributed by atoms with Crippen LogP contribution in [0.1, 0.15) is 28.8 Å². The largest absolute Gasteiger partial charge is 0.493 e. The van der Waals surface area contributed by atoms with Crippen molar-refractivity contribution in [2.45, 2.75) is 12.8 Å². The minimum atomic E-state index is -1.07. The summed E-state index contributed by atoms with van der Waals surface area (Å²) in [7, 11) is 1.59. The van der Waals surface area contributed by atoms with Gasteiger partial charge in [0.2, 0.25) is 5.91 Å². The number of nitrogens with zero attached hydrogens (tertiary/aromatic N) is 1. The summed E-state index contributed by atoms with van der Waals surface area (Å²) in [5.74, 6) is 0.761. The predicted molar refractivity (Wildman–Crippen MR) is 100 cm³/mol. The van der Waals surface area contributed by atoms with Crippen molar-refractivity contribution < 1.29 is 24.2 Å². The van der Waals surface area contributed by atoms with Crippen LogP contribution in [0.25, 0.3) is 6.08 Å². The normalized spacial score (nSPS) is 13.4. The Labute approximate surface area is 156 Å². The highest BCUT2D eigenvalue weighted by molar-refractivity contribution is 6.01. The molecule has 1 aromatic heterocycles. The van der Waals surface area contributed by atoms with Crippen molar-refractivity contribution in [1.82, 2.24) is 4.98 Å². The van der Waals surface area contributed by atoms with E-state index in [-0.39, 0.29) is 17.3 Å². The van der Waals surface area contributed by atoms with Crippen molar-refractivity contribution >= 4 is 23.8 Å². The van der Waals surface area contributed by atoms with Gasteiger partial charge in [0.15, 0.2) is 11.5 Å². The molecule has 2 N–H and O–H groups in total. The van der Waals surface area contributed by atoms with Gasteiger partial charge in [0, 0.05) is 12.3 Å². The second kappa shape index (κ2) is 8.35. The summed E-state index contributed by atoms with van der Waals surface area (Å²) in [6.45, 7) is 0.669. The molecule has 1 aliphatic rings. The number of aromatic nitrogens is 1. The Morgan fingerprint density at radius 1 is 1.26 bits per heavy atom. The Balaban J connectivity index is 1.62. The highest BCUT2D eigenvalue weighted by Gasteiger charge is 2.22. The van der Waals surface area contributed by atoms with E-state index < -0.39 is 5.97 Å². The van der Waals surface area contributed by atoms with Gasteiger partial charge in [-0.15, -0.1) is 0 Å². The highest BCUT2D eigenvalue weighted by Crippen LogP contribution is 2.33. The third kappa shape index (κ3) is 5.31. The number of anilines is 1. The maximum Gasteiger partial charge on any atom is 0.337 e. The Hall–Kier alpha value is -3.35. The van der Waals surface area contributed by atoms with Gasteiger partial charge in [0.05, 0.1) is 19.3 Å². The van der Waals surface area contributed by atoms with Crippen LogP contribution in [0.5, 0.6) is 11.5 Å². The van der Waals surface area contributed by atoms with Crippen molar-refractivity contribution in [2.24, 2.45) is 5.92 Å². The number of nitrogens with one attached hydrogen (secondary N) is 1. The molecule has 1 heterocycles. The lowest BCUT2D eigenvalue weighted by atomic mass is 10.2. The Morgan fingerprint density at radius 3 is 2.70 bits per heavy atom. The van der Waals surface area contributed by atoms with Crippen LogP contribution in [-0.4, -0.2) is 35.7 Å². The van der Waals surface area contributed by atoms with Crippen LogP contribution < -0.4 is 14.8 Å². The summed E-state index contributed by atoms with van der Waals surface area (Å²) >= 11 is 0. The fraction of sp³-hybridized carbons (Fsp3) is 0.250. The first kappa shape index (κ1) is 18.4. The van der Waals surface area contributed by atoms with Gasteiger partial charge >= 0.3 is 5.97 Å². The van der Waals surface area contributed by atoms with Gasteiger partial charge < -0.3 is 19.9 Å². The molecule has 3 rings (SSSR count). The molecule has 7 nitrogen and oxygen atoms in total. The van der Waals surface area contributed by atoms with Crippen molar-refractivity contribution in [3.05, 3.63) is 53.7 Å². The number of hydrogen-bond donors (Lipinski definition) is 2. The van der Waals surface area contributed by atoms with Crippen molar-refractivity contribution in [3.8, 4) is 11.5 Å². The van der Waals surface area contributed by atoms with E-state index in [4.69, 9.17) is 14.6 Å². The fourth-order valence-corrected chi connectivity index (χ4v) is 2.34. The molecule has 0 unspecified atom stereocenters. The second-order valence-corrected chi connectivity index (χ2v) is 6.22. The zero-order chi connectivity index (χ0) is 19.2. The van der Waals surface area contributed by atoms with Gasteiger partial charge in [-0.2, -0.15) is 0 Å². The molecule has 1 fully saturated rings. The van der Waals surface area contributed by atoms with Gasteiger partial charge in [0.1, 0.15) is 5.82 Å². The van der Waals surface area contributed by atoms with E-state index in [0.29, 0.717) is 24.0 Å². The van der Waals surface area contributed by atoms with Gasteiger partial charge in [-0.3, -0.25) is 4.79 Å². The lowest BCUT2D eigenvalue weighted by molar-refractivity contribution is -0.111. The number of benzene rings is 1. The molecule has 1 saturated carbocycles. The van der Waals surface area contributed by atoms with Crippen molar-refractivity contribution in [1.29, 1.82) is 0 Å². The molecule has 1 aromatic carbocycles. The van der Waals surface area contributed by atoms with Gasteiger partial charge in [-0.05, 0) is 54.7 Å². The molecule has 7 heteroatoms. The first-order chi connectivity index (χ1) is 13.0. The van der Waals surface area contributed by atoms with Gasteiger partial charge in [0.25, 0.3) is 0 Å².